The summed E-state index contributed by atoms with van der Waals surface area (Å²) < 4.78 is 19.4. The molecule has 2 heterocycles. The SMILES string of the molecule is O=C(N[C@H]1COc2ccccc2NC1=O)c1cc(Cc2ccccc2F)[nH]n1. The van der Waals surface area contributed by atoms with E-state index in [1.54, 1.807) is 42.5 Å². The van der Waals surface area contributed by atoms with Crippen LogP contribution in [0.25, 0.3) is 0 Å². The number of carbonyl (C=O) groups is 2. The highest BCUT2D eigenvalue weighted by Crippen LogP contribution is 2.26. The van der Waals surface area contributed by atoms with E-state index in [0.29, 0.717) is 22.7 Å². The number of nitrogens with zero attached hydrogens (tertiary/aromatic N) is 1. The number of aromatic amines is 1. The van der Waals surface area contributed by atoms with Gasteiger partial charge in [-0.1, -0.05) is 30.3 Å². The quantitative estimate of drug-likeness (QED) is 0.647. The molecule has 2 aromatic carbocycles. The first kappa shape index (κ1) is 17.7. The van der Waals surface area contributed by atoms with E-state index in [1.165, 1.54) is 12.1 Å². The Balaban J connectivity index is 1.42. The number of H-pyrrole nitrogens is 1. The van der Waals surface area contributed by atoms with Crippen molar-refractivity contribution < 1.29 is 18.7 Å². The summed E-state index contributed by atoms with van der Waals surface area (Å²) in [6, 6.07) is 14.1. The maximum absolute atomic E-state index is 13.8. The molecule has 0 saturated heterocycles. The average Bonchev–Trinajstić information content (AvgIpc) is 3.10. The summed E-state index contributed by atoms with van der Waals surface area (Å²) in [5.41, 5.74) is 1.74. The van der Waals surface area contributed by atoms with E-state index in [4.69, 9.17) is 4.74 Å². The second-order valence-electron chi connectivity index (χ2n) is 6.37. The smallest absolute Gasteiger partial charge is 0.272 e. The predicted molar refractivity (Wildman–Crippen MR) is 99.6 cm³/mol. The first-order chi connectivity index (χ1) is 13.6. The third kappa shape index (κ3) is 3.71. The predicted octanol–water partition coefficient (Wildman–Crippen LogP) is 2.27. The average molecular weight is 380 g/mol. The maximum Gasteiger partial charge on any atom is 0.272 e. The highest BCUT2D eigenvalue weighted by molar-refractivity contribution is 6.01. The van der Waals surface area contributed by atoms with Crippen LogP contribution in [0.5, 0.6) is 5.75 Å². The van der Waals surface area contributed by atoms with Gasteiger partial charge in [0.25, 0.3) is 11.8 Å². The van der Waals surface area contributed by atoms with Gasteiger partial charge < -0.3 is 15.4 Å². The van der Waals surface area contributed by atoms with Gasteiger partial charge in [0.05, 0.1) is 5.69 Å². The lowest BCUT2D eigenvalue weighted by atomic mass is 10.1. The number of aromatic nitrogens is 2. The van der Waals surface area contributed by atoms with E-state index < -0.39 is 11.9 Å². The molecule has 4 rings (SSSR count). The number of rotatable bonds is 4. The van der Waals surface area contributed by atoms with Gasteiger partial charge in [-0.15, -0.1) is 0 Å². The monoisotopic (exact) mass is 380 g/mol. The van der Waals surface area contributed by atoms with Gasteiger partial charge in [-0.2, -0.15) is 5.10 Å². The van der Waals surface area contributed by atoms with Crippen LogP contribution in [0.3, 0.4) is 0 Å². The number of nitrogens with one attached hydrogen (secondary N) is 3. The standard InChI is InChI=1S/C20H17FN4O3/c21-14-6-2-1-5-12(14)9-13-10-16(25-24-13)19(26)23-17-11-28-18-8-4-3-7-15(18)22-20(17)27/h1-8,10,17H,9,11H2,(H,22,27)(H,23,26)(H,24,25)/t17-/m0/s1. The van der Waals surface area contributed by atoms with Gasteiger partial charge in [0.1, 0.15) is 29.9 Å². The summed E-state index contributed by atoms with van der Waals surface area (Å²) in [5.74, 6) is -0.680. The molecule has 1 aliphatic heterocycles. The number of fused-ring (bicyclic) bond motifs is 1. The number of anilines is 1. The van der Waals surface area contributed by atoms with Gasteiger partial charge in [0, 0.05) is 12.1 Å². The van der Waals surface area contributed by atoms with E-state index >= 15 is 0 Å². The second kappa shape index (κ2) is 7.51. The summed E-state index contributed by atoms with van der Waals surface area (Å²) in [5, 5.41) is 12.0. The van der Waals surface area contributed by atoms with Crippen molar-refractivity contribution in [1.29, 1.82) is 0 Å². The molecule has 0 unspecified atom stereocenters. The van der Waals surface area contributed by atoms with E-state index in [1.807, 2.05) is 0 Å². The fourth-order valence-electron chi connectivity index (χ4n) is 2.92. The van der Waals surface area contributed by atoms with E-state index in [0.717, 1.165) is 0 Å². The van der Waals surface area contributed by atoms with Gasteiger partial charge >= 0.3 is 0 Å². The zero-order chi connectivity index (χ0) is 19.5. The number of hydrogen-bond acceptors (Lipinski definition) is 4. The van der Waals surface area contributed by atoms with Crippen molar-refractivity contribution in [3.05, 3.63) is 77.4 Å². The minimum atomic E-state index is -0.869. The summed E-state index contributed by atoms with van der Waals surface area (Å²) in [6.07, 6.45) is 0.273. The number of halogens is 1. The molecular weight excluding hydrogens is 363 g/mol. The molecule has 0 fully saturated rings. The number of hydrogen-bond donors (Lipinski definition) is 3. The Kier molecular flexibility index (Phi) is 4.76. The van der Waals surface area contributed by atoms with Gasteiger partial charge in [-0.05, 0) is 29.8 Å². The van der Waals surface area contributed by atoms with Gasteiger partial charge in [-0.25, -0.2) is 4.39 Å². The Hall–Kier alpha value is -3.68. The number of amides is 2. The van der Waals surface area contributed by atoms with Crippen LogP contribution >= 0.6 is 0 Å². The number of para-hydroxylation sites is 2. The van der Waals surface area contributed by atoms with Gasteiger partial charge in [0.15, 0.2) is 0 Å². The lowest BCUT2D eigenvalue weighted by Crippen LogP contribution is -2.46. The minimum absolute atomic E-state index is 0.00108. The first-order valence-corrected chi connectivity index (χ1v) is 8.71. The van der Waals surface area contributed by atoms with Crippen molar-refractivity contribution in [2.24, 2.45) is 0 Å². The Bertz CT molecular complexity index is 1030. The molecule has 0 aliphatic carbocycles. The highest BCUT2D eigenvalue weighted by Gasteiger charge is 2.27. The van der Waals surface area contributed by atoms with Gasteiger partial charge in [0.2, 0.25) is 0 Å². The largest absolute Gasteiger partial charge is 0.489 e. The van der Waals surface area contributed by atoms with Crippen LogP contribution in [0.15, 0.2) is 54.6 Å². The third-order valence-electron chi connectivity index (χ3n) is 4.37. The molecule has 0 bridgehead atoms. The van der Waals surface area contributed by atoms with Crippen LogP contribution in [0, 0.1) is 5.82 Å². The van der Waals surface area contributed by atoms with Crippen molar-refractivity contribution in [2.75, 3.05) is 11.9 Å². The Morgan fingerprint density at radius 1 is 1.21 bits per heavy atom. The molecule has 2 amide bonds. The van der Waals surface area contributed by atoms with Crippen LogP contribution in [0.1, 0.15) is 21.7 Å². The molecule has 1 atom stereocenters. The molecule has 0 saturated carbocycles. The van der Waals surface area contributed by atoms with Gasteiger partial charge in [-0.3, -0.25) is 14.7 Å². The van der Waals surface area contributed by atoms with Crippen LogP contribution in [0.4, 0.5) is 10.1 Å². The molecule has 0 radical (unpaired) electrons. The van der Waals surface area contributed by atoms with Crippen molar-refractivity contribution in [2.45, 2.75) is 12.5 Å². The van der Waals surface area contributed by atoms with E-state index in [2.05, 4.69) is 20.8 Å². The van der Waals surface area contributed by atoms with E-state index in [9.17, 15) is 14.0 Å². The molecule has 3 N–H and O–H groups in total. The molecule has 8 heteroatoms. The van der Waals surface area contributed by atoms with Crippen molar-refractivity contribution >= 4 is 17.5 Å². The normalized spacial score (nSPS) is 15.8. The number of carbonyl (C=O) groups excluding carboxylic acids is 2. The minimum Gasteiger partial charge on any atom is -0.489 e. The molecular formula is C20H17FN4O3. The van der Waals surface area contributed by atoms with Crippen LogP contribution in [-0.2, 0) is 11.2 Å². The van der Waals surface area contributed by atoms with Crippen molar-refractivity contribution in [3.63, 3.8) is 0 Å². The Morgan fingerprint density at radius 3 is 2.86 bits per heavy atom. The molecule has 142 valence electrons. The second-order valence-corrected chi connectivity index (χ2v) is 6.37. The fraction of sp³-hybridized carbons (Fsp3) is 0.150. The van der Waals surface area contributed by atoms with Crippen LogP contribution < -0.4 is 15.4 Å². The zero-order valence-electron chi connectivity index (χ0n) is 14.7. The molecule has 28 heavy (non-hydrogen) atoms. The van der Waals surface area contributed by atoms with Crippen molar-refractivity contribution in [3.8, 4) is 5.75 Å². The molecule has 1 aliphatic rings. The summed E-state index contributed by atoms with van der Waals surface area (Å²) >= 11 is 0. The third-order valence-corrected chi connectivity index (χ3v) is 4.37. The summed E-state index contributed by atoms with van der Waals surface area (Å²) in [4.78, 5) is 24.8. The Morgan fingerprint density at radius 2 is 2.00 bits per heavy atom. The highest BCUT2D eigenvalue weighted by atomic mass is 19.1. The Labute approximate surface area is 159 Å². The van der Waals surface area contributed by atoms with E-state index in [-0.39, 0.29) is 30.4 Å². The molecule has 0 spiro atoms. The lowest BCUT2D eigenvalue weighted by molar-refractivity contribution is -0.118. The lowest BCUT2D eigenvalue weighted by Gasteiger charge is -2.13. The number of ether oxygens (including phenoxy) is 1. The first-order valence-electron chi connectivity index (χ1n) is 8.71. The topological polar surface area (TPSA) is 96.1 Å². The van der Waals surface area contributed by atoms with Crippen LogP contribution in [-0.4, -0.2) is 34.7 Å². The molecule has 3 aromatic rings. The number of benzene rings is 2. The molecule has 7 nitrogen and oxygen atoms in total. The molecule has 1 aromatic heterocycles. The summed E-state index contributed by atoms with van der Waals surface area (Å²) in [6.45, 7) is 0.00108. The zero-order valence-corrected chi connectivity index (χ0v) is 14.7. The van der Waals surface area contributed by atoms with Crippen LogP contribution in [0.2, 0.25) is 0 Å². The summed E-state index contributed by atoms with van der Waals surface area (Å²) in [7, 11) is 0. The fourth-order valence-corrected chi connectivity index (χ4v) is 2.92. The van der Waals surface area contributed by atoms with Crippen molar-refractivity contribution in [1.82, 2.24) is 15.5 Å². The maximum atomic E-state index is 13.8.